The van der Waals surface area contributed by atoms with Crippen LogP contribution in [0.5, 0.6) is 0 Å². The zero-order valence-corrected chi connectivity index (χ0v) is 33.3. The fourth-order valence-electron chi connectivity index (χ4n) is 8.31. The summed E-state index contributed by atoms with van der Waals surface area (Å²) in [5.41, 5.74) is -4.57. The maximum atomic E-state index is 14.1. The summed E-state index contributed by atoms with van der Waals surface area (Å²) < 4.78 is 43.4. The molecular formula is C37H67NO14. The lowest BCUT2D eigenvalue weighted by molar-refractivity contribution is -0.319. The number of cyclic esters (lactones) is 1. The minimum atomic E-state index is -2.21. The van der Waals surface area contributed by atoms with E-state index in [9.17, 15) is 35.1 Å². The van der Waals surface area contributed by atoms with Crippen LogP contribution in [-0.4, -0.2) is 161 Å². The van der Waals surface area contributed by atoms with Crippen LogP contribution in [-0.2, 0) is 42.7 Å². The van der Waals surface area contributed by atoms with Gasteiger partial charge in [0.2, 0.25) is 0 Å². The van der Waals surface area contributed by atoms with E-state index in [0.717, 1.165) is 0 Å². The number of aliphatic hydroxyl groups is 5. The Balaban J connectivity index is 2.22. The molecule has 3 heterocycles. The molecule has 3 fully saturated rings. The number of rotatable bonds is 8. The lowest BCUT2D eigenvalue weighted by Gasteiger charge is -2.49. The van der Waals surface area contributed by atoms with Crippen molar-refractivity contribution in [1.82, 2.24) is 4.90 Å². The van der Waals surface area contributed by atoms with Gasteiger partial charge in [-0.3, -0.25) is 9.59 Å². The highest BCUT2D eigenvalue weighted by Crippen LogP contribution is 2.41. The number of ether oxygens (including phenoxy) is 7. The van der Waals surface area contributed by atoms with Crippen molar-refractivity contribution in [3.63, 3.8) is 0 Å². The van der Waals surface area contributed by atoms with Gasteiger partial charge in [0.25, 0.3) is 0 Å². The molecule has 15 nitrogen and oxygen atoms in total. The molecule has 0 bridgehead atoms. The molecule has 3 rings (SSSR count). The average molecular weight is 750 g/mol. The first-order valence-corrected chi connectivity index (χ1v) is 18.5. The highest BCUT2D eigenvalue weighted by molar-refractivity contribution is 5.83. The third-order valence-electron chi connectivity index (χ3n) is 12.1. The zero-order valence-electron chi connectivity index (χ0n) is 33.3. The standard InChI is InChI=1S/C37H67NO14/c1-18-15-36(8,47-13)32(52-34-28(41)24(38(10)11)14-19(2)48-34)21(4)29(51-26-16-35(7,46-12)31(43)23(6)49-26)22(5)33(44)50-25(17-39)37(9,45)30(42)20(3)27(18)40/h18-26,28-32,34,39,41-43,45H,14-17H2,1-13H3/t18-,19-,20-,21+,22-,23+,24+,25+,26+,28-,29-,30-,31+,32-,34+,35-,36+,37-/m1/s1. The van der Waals surface area contributed by atoms with Crippen molar-refractivity contribution in [2.45, 2.75) is 166 Å². The second kappa shape index (κ2) is 17.6. The predicted molar refractivity (Wildman–Crippen MR) is 188 cm³/mol. The molecule has 0 aromatic heterocycles. The van der Waals surface area contributed by atoms with Gasteiger partial charge in [-0.05, 0) is 68.5 Å². The number of carbonyl (C=O) groups is 2. The first-order chi connectivity index (χ1) is 24.0. The predicted octanol–water partition coefficient (Wildman–Crippen LogP) is 1.02. The van der Waals surface area contributed by atoms with Gasteiger partial charge >= 0.3 is 5.97 Å². The number of aliphatic hydroxyl groups excluding tert-OH is 4. The van der Waals surface area contributed by atoms with Crippen LogP contribution in [0.25, 0.3) is 0 Å². The second-order valence-electron chi connectivity index (χ2n) is 16.4. The van der Waals surface area contributed by atoms with Crippen molar-refractivity contribution >= 4 is 11.8 Å². The third-order valence-corrected chi connectivity index (χ3v) is 12.1. The number of hydrogen-bond acceptors (Lipinski definition) is 15. The number of Topliss-reactive ketones (excluding diaryl/α,β-unsaturated/α-hetero) is 1. The number of hydrogen-bond donors (Lipinski definition) is 5. The van der Waals surface area contributed by atoms with Gasteiger partial charge in [-0.2, -0.15) is 0 Å². The van der Waals surface area contributed by atoms with Crippen molar-refractivity contribution in [3.8, 4) is 0 Å². The molecule has 0 aromatic rings. The summed E-state index contributed by atoms with van der Waals surface area (Å²) in [6.45, 7) is 14.0. The summed E-state index contributed by atoms with van der Waals surface area (Å²) in [6.07, 6.45) is -9.93. The lowest BCUT2D eigenvalue weighted by Crippen LogP contribution is -2.61. The Hall–Kier alpha value is -1.34. The Labute approximate surface area is 309 Å². The number of esters is 1. The van der Waals surface area contributed by atoms with Crippen molar-refractivity contribution < 1.29 is 68.3 Å². The van der Waals surface area contributed by atoms with Crippen LogP contribution in [0.1, 0.15) is 81.6 Å². The lowest BCUT2D eigenvalue weighted by atomic mass is 9.74. The van der Waals surface area contributed by atoms with Crippen LogP contribution in [0.4, 0.5) is 0 Å². The van der Waals surface area contributed by atoms with Crippen LogP contribution >= 0.6 is 0 Å². The first-order valence-electron chi connectivity index (χ1n) is 18.5. The first kappa shape index (κ1) is 45.1. The summed E-state index contributed by atoms with van der Waals surface area (Å²) in [4.78, 5) is 29.9. The summed E-state index contributed by atoms with van der Waals surface area (Å²) >= 11 is 0. The van der Waals surface area contributed by atoms with Gasteiger partial charge in [0.15, 0.2) is 18.7 Å². The molecule has 0 unspecified atom stereocenters. The molecule has 0 aromatic carbocycles. The molecule has 3 aliphatic heterocycles. The van der Waals surface area contributed by atoms with E-state index in [1.165, 1.54) is 28.1 Å². The molecule has 3 saturated heterocycles. The number of methoxy groups -OCH3 is 2. The monoisotopic (exact) mass is 749 g/mol. The van der Waals surface area contributed by atoms with Gasteiger partial charge in [-0.15, -0.1) is 0 Å². The van der Waals surface area contributed by atoms with Gasteiger partial charge < -0.3 is 63.6 Å². The highest BCUT2D eigenvalue weighted by atomic mass is 16.7. The number of nitrogens with zero attached hydrogens (tertiary/aromatic N) is 1. The SMILES string of the molecule is CO[C@]1(C)C[C@H](O[C@@H]2[C@H](C)[C@@H](O[C@@H]3O[C@H](C)C[C@H](N(C)C)[C@H]3O)[C@@](C)(OC)C[C@@H](C)C(=O)[C@@H](C)[C@@H](O)[C@](C)(O)[C@H](CO)OC(=O)[C@@H]2C)O[C@@H](C)[C@@H]1O. The van der Waals surface area contributed by atoms with Crippen LogP contribution in [0, 0.1) is 23.7 Å². The second-order valence-corrected chi connectivity index (χ2v) is 16.4. The molecule has 52 heavy (non-hydrogen) atoms. The molecule has 0 radical (unpaired) electrons. The Kier molecular flexibility index (Phi) is 15.3. The molecule has 5 N–H and O–H groups in total. The van der Waals surface area contributed by atoms with Crippen LogP contribution < -0.4 is 0 Å². The summed E-state index contributed by atoms with van der Waals surface area (Å²) in [5, 5.41) is 55.5. The summed E-state index contributed by atoms with van der Waals surface area (Å²) in [7, 11) is 6.68. The maximum absolute atomic E-state index is 14.1. The third kappa shape index (κ3) is 9.36. The Morgan fingerprint density at radius 3 is 1.98 bits per heavy atom. The van der Waals surface area contributed by atoms with E-state index in [-0.39, 0.29) is 25.0 Å². The molecule has 15 heteroatoms. The van der Waals surface area contributed by atoms with Crippen LogP contribution in [0.15, 0.2) is 0 Å². The fourth-order valence-corrected chi connectivity index (χ4v) is 8.31. The Bertz CT molecular complexity index is 1190. The van der Waals surface area contributed by atoms with Crippen molar-refractivity contribution in [2.75, 3.05) is 34.9 Å². The number of ketones is 1. The average Bonchev–Trinajstić information content (AvgIpc) is 3.09. The summed E-state index contributed by atoms with van der Waals surface area (Å²) in [5.74, 6) is -5.06. The van der Waals surface area contributed by atoms with Gasteiger partial charge in [-0.25, -0.2) is 0 Å². The Morgan fingerprint density at radius 2 is 1.44 bits per heavy atom. The van der Waals surface area contributed by atoms with Crippen molar-refractivity contribution in [2.24, 2.45) is 23.7 Å². The quantitative estimate of drug-likeness (QED) is 0.220. The largest absolute Gasteiger partial charge is 0.456 e. The fraction of sp³-hybridized carbons (Fsp3) is 0.946. The minimum absolute atomic E-state index is 0.0614. The van der Waals surface area contributed by atoms with Gasteiger partial charge in [-0.1, -0.05) is 20.8 Å². The molecule has 3 aliphatic rings. The van der Waals surface area contributed by atoms with E-state index in [0.29, 0.717) is 6.42 Å². The number of carbonyl (C=O) groups excluding carboxylic acids is 2. The van der Waals surface area contributed by atoms with E-state index >= 15 is 0 Å². The van der Waals surface area contributed by atoms with E-state index in [1.807, 2.05) is 25.9 Å². The number of likely N-dealkylation sites (N-methyl/N-ethyl adjacent to an activating group) is 1. The van der Waals surface area contributed by atoms with E-state index in [1.54, 1.807) is 41.5 Å². The van der Waals surface area contributed by atoms with Gasteiger partial charge in [0, 0.05) is 44.4 Å². The molecule has 0 spiro atoms. The Morgan fingerprint density at radius 1 is 0.846 bits per heavy atom. The van der Waals surface area contributed by atoms with Crippen LogP contribution in [0.3, 0.4) is 0 Å². The van der Waals surface area contributed by atoms with E-state index in [2.05, 4.69) is 0 Å². The molecule has 0 saturated carbocycles. The maximum Gasteiger partial charge on any atom is 0.311 e. The van der Waals surface area contributed by atoms with Crippen molar-refractivity contribution in [1.29, 1.82) is 0 Å². The topological polar surface area (TPSA) is 203 Å². The van der Waals surface area contributed by atoms with E-state index in [4.69, 9.17) is 33.2 Å². The van der Waals surface area contributed by atoms with Gasteiger partial charge in [0.05, 0.1) is 54.2 Å². The summed E-state index contributed by atoms with van der Waals surface area (Å²) in [6, 6.07) is -0.307. The van der Waals surface area contributed by atoms with Crippen LogP contribution in [0.2, 0.25) is 0 Å². The van der Waals surface area contributed by atoms with E-state index < -0.39 is 114 Å². The molecule has 0 aliphatic carbocycles. The van der Waals surface area contributed by atoms with Gasteiger partial charge in [0.1, 0.15) is 23.6 Å². The normalized spacial score (nSPS) is 49.0. The van der Waals surface area contributed by atoms with Crippen molar-refractivity contribution in [3.05, 3.63) is 0 Å². The zero-order chi connectivity index (χ0) is 39.7. The molecule has 18 atom stereocenters. The minimum Gasteiger partial charge on any atom is -0.456 e. The highest BCUT2D eigenvalue weighted by Gasteiger charge is 2.54. The smallest absolute Gasteiger partial charge is 0.311 e. The molecule has 0 amide bonds. The molecule has 304 valence electrons. The molecular weight excluding hydrogens is 682 g/mol.